The van der Waals surface area contributed by atoms with Crippen molar-refractivity contribution in [3.8, 4) is 0 Å². The molecule has 1 heteroatoms. The standard InChI is InChI=1S/C15H22O/c1-11-5-3-7-13(9-11)15(16)14-8-4-6-12(2)10-14/h3,5,7,10,13-16H,4,6,8-9H2,1-2H3. The molecule has 0 fully saturated rings. The summed E-state index contributed by atoms with van der Waals surface area (Å²) in [7, 11) is 0. The summed E-state index contributed by atoms with van der Waals surface area (Å²) >= 11 is 0. The molecule has 0 saturated heterocycles. The van der Waals surface area contributed by atoms with Crippen molar-refractivity contribution in [2.75, 3.05) is 0 Å². The number of allylic oxidation sites excluding steroid dienone is 4. The van der Waals surface area contributed by atoms with E-state index in [0.717, 1.165) is 12.8 Å². The molecule has 16 heavy (non-hydrogen) atoms. The van der Waals surface area contributed by atoms with Crippen molar-refractivity contribution in [2.24, 2.45) is 11.8 Å². The lowest BCUT2D eigenvalue weighted by atomic mass is 9.79. The first-order valence-corrected chi connectivity index (χ1v) is 6.36. The van der Waals surface area contributed by atoms with Gasteiger partial charge in [0.15, 0.2) is 0 Å². The van der Waals surface area contributed by atoms with E-state index in [-0.39, 0.29) is 6.10 Å². The average Bonchev–Trinajstić information content (AvgIpc) is 2.28. The zero-order chi connectivity index (χ0) is 11.5. The number of rotatable bonds is 2. The van der Waals surface area contributed by atoms with Gasteiger partial charge in [-0.1, -0.05) is 35.5 Å². The van der Waals surface area contributed by atoms with E-state index in [1.807, 2.05) is 0 Å². The maximum Gasteiger partial charge on any atom is 0.0668 e. The lowest BCUT2D eigenvalue weighted by Gasteiger charge is -2.30. The van der Waals surface area contributed by atoms with Crippen LogP contribution < -0.4 is 0 Å². The van der Waals surface area contributed by atoms with Crippen LogP contribution in [0.2, 0.25) is 0 Å². The summed E-state index contributed by atoms with van der Waals surface area (Å²) in [5, 5.41) is 10.4. The number of aliphatic hydroxyl groups is 1. The predicted octanol–water partition coefficient (Wildman–Crippen LogP) is 3.62. The molecule has 2 rings (SSSR count). The van der Waals surface area contributed by atoms with Crippen LogP contribution in [0.3, 0.4) is 0 Å². The highest BCUT2D eigenvalue weighted by Gasteiger charge is 2.27. The molecule has 0 bridgehead atoms. The average molecular weight is 218 g/mol. The van der Waals surface area contributed by atoms with E-state index in [2.05, 4.69) is 38.2 Å². The normalized spacial score (nSPS) is 31.9. The Balaban J connectivity index is 2.02. The molecule has 88 valence electrons. The molecule has 1 N–H and O–H groups in total. The van der Waals surface area contributed by atoms with Gasteiger partial charge in [-0.25, -0.2) is 0 Å². The molecule has 0 heterocycles. The van der Waals surface area contributed by atoms with E-state index < -0.39 is 0 Å². The van der Waals surface area contributed by atoms with E-state index in [1.54, 1.807) is 0 Å². The summed E-state index contributed by atoms with van der Waals surface area (Å²) in [4.78, 5) is 0. The summed E-state index contributed by atoms with van der Waals surface area (Å²) in [5.74, 6) is 0.687. The first-order chi connectivity index (χ1) is 7.66. The van der Waals surface area contributed by atoms with E-state index in [1.165, 1.54) is 24.0 Å². The maximum absolute atomic E-state index is 10.4. The second-order valence-corrected chi connectivity index (χ2v) is 5.33. The van der Waals surface area contributed by atoms with E-state index >= 15 is 0 Å². The van der Waals surface area contributed by atoms with Crippen molar-refractivity contribution < 1.29 is 5.11 Å². The van der Waals surface area contributed by atoms with Gasteiger partial charge >= 0.3 is 0 Å². The zero-order valence-electron chi connectivity index (χ0n) is 10.3. The molecule has 2 aliphatic carbocycles. The fourth-order valence-electron chi connectivity index (χ4n) is 2.84. The molecule has 0 aromatic carbocycles. The Kier molecular flexibility index (Phi) is 3.65. The Bertz CT molecular complexity index is 335. The molecule has 1 nitrogen and oxygen atoms in total. The third-order valence-corrected chi connectivity index (χ3v) is 3.78. The lowest BCUT2D eigenvalue weighted by molar-refractivity contribution is 0.0808. The van der Waals surface area contributed by atoms with E-state index in [4.69, 9.17) is 0 Å². The summed E-state index contributed by atoms with van der Waals surface area (Å²) in [5.41, 5.74) is 2.82. The number of hydrogen-bond donors (Lipinski definition) is 1. The second kappa shape index (κ2) is 5.01. The van der Waals surface area contributed by atoms with Gasteiger partial charge in [-0.3, -0.25) is 0 Å². The molecule has 0 saturated carbocycles. The highest BCUT2D eigenvalue weighted by molar-refractivity contribution is 5.20. The minimum atomic E-state index is -0.199. The summed E-state index contributed by atoms with van der Waals surface area (Å²) in [6.45, 7) is 4.33. The van der Waals surface area contributed by atoms with E-state index in [9.17, 15) is 5.11 Å². The highest BCUT2D eigenvalue weighted by atomic mass is 16.3. The van der Waals surface area contributed by atoms with Crippen LogP contribution in [0.25, 0.3) is 0 Å². The first kappa shape index (κ1) is 11.7. The van der Waals surface area contributed by atoms with Gasteiger partial charge in [-0.15, -0.1) is 0 Å². The lowest BCUT2D eigenvalue weighted by Crippen LogP contribution is -2.29. The zero-order valence-corrected chi connectivity index (χ0v) is 10.3. The highest BCUT2D eigenvalue weighted by Crippen LogP contribution is 2.32. The van der Waals surface area contributed by atoms with Gasteiger partial charge in [0.2, 0.25) is 0 Å². The van der Waals surface area contributed by atoms with Crippen LogP contribution in [-0.4, -0.2) is 11.2 Å². The molecule has 0 amide bonds. The smallest absolute Gasteiger partial charge is 0.0668 e. The van der Waals surface area contributed by atoms with Crippen molar-refractivity contribution in [1.82, 2.24) is 0 Å². The summed E-state index contributed by atoms with van der Waals surface area (Å²) < 4.78 is 0. The Hall–Kier alpha value is -0.820. The van der Waals surface area contributed by atoms with Crippen LogP contribution in [0.15, 0.2) is 35.5 Å². The summed E-state index contributed by atoms with van der Waals surface area (Å²) in [6.07, 6.45) is 13.1. The Morgan fingerprint density at radius 2 is 2.06 bits per heavy atom. The van der Waals surface area contributed by atoms with Crippen LogP contribution in [-0.2, 0) is 0 Å². The number of aliphatic hydroxyl groups excluding tert-OH is 1. The minimum absolute atomic E-state index is 0.199. The van der Waals surface area contributed by atoms with Crippen molar-refractivity contribution in [3.05, 3.63) is 35.5 Å². The minimum Gasteiger partial charge on any atom is -0.392 e. The fraction of sp³-hybridized carbons (Fsp3) is 0.600. The van der Waals surface area contributed by atoms with Gasteiger partial charge in [0, 0.05) is 11.8 Å². The fourth-order valence-corrected chi connectivity index (χ4v) is 2.84. The van der Waals surface area contributed by atoms with E-state index in [0.29, 0.717) is 11.8 Å². The molecular weight excluding hydrogens is 196 g/mol. The molecule has 0 aromatic rings. The van der Waals surface area contributed by atoms with Crippen molar-refractivity contribution in [1.29, 1.82) is 0 Å². The Labute approximate surface area is 98.6 Å². The number of hydrogen-bond acceptors (Lipinski definition) is 1. The Morgan fingerprint density at radius 1 is 1.25 bits per heavy atom. The van der Waals surface area contributed by atoms with Gasteiger partial charge < -0.3 is 5.11 Å². The molecule has 2 aliphatic rings. The van der Waals surface area contributed by atoms with Gasteiger partial charge in [0.1, 0.15) is 0 Å². The third kappa shape index (κ3) is 2.65. The van der Waals surface area contributed by atoms with Crippen LogP contribution in [0.1, 0.15) is 39.5 Å². The molecule has 0 spiro atoms. The molecule has 0 aliphatic heterocycles. The van der Waals surface area contributed by atoms with Gasteiger partial charge in [0.25, 0.3) is 0 Å². The largest absolute Gasteiger partial charge is 0.392 e. The van der Waals surface area contributed by atoms with Crippen LogP contribution >= 0.6 is 0 Å². The van der Waals surface area contributed by atoms with Crippen molar-refractivity contribution in [3.63, 3.8) is 0 Å². The SMILES string of the molecule is CC1=CC(C(O)C2C=CC=C(C)C2)CCC1. The molecule has 0 aromatic heterocycles. The summed E-state index contributed by atoms with van der Waals surface area (Å²) in [6, 6.07) is 0. The van der Waals surface area contributed by atoms with Gasteiger partial charge in [-0.05, 0) is 39.5 Å². The Morgan fingerprint density at radius 3 is 2.75 bits per heavy atom. The topological polar surface area (TPSA) is 20.2 Å². The maximum atomic E-state index is 10.4. The third-order valence-electron chi connectivity index (χ3n) is 3.78. The monoisotopic (exact) mass is 218 g/mol. The van der Waals surface area contributed by atoms with Crippen molar-refractivity contribution in [2.45, 2.75) is 45.6 Å². The molecule has 3 unspecified atom stereocenters. The predicted molar refractivity (Wildman–Crippen MR) is 68.1 cm³/mol. The van der Waals surface area contributed by atoms with Crippen LogP contribution in [0.4, 0.5) is 0 Å². The second-order valence-electron chi connectivity index (χ2n) is 5.33. The van der Waals surface area contributed by atoms with Crippen molar-refractivity contribution >= 4 is 0 Å². The first-order valence-electron chi connectivity index (χ1n) is 6.36. The van der Waals surface area contributed by atoms with Gasteiger partial charge in [0.05, 0.1) is 6.10 Å². The quantitative estimate of drug-likeness (QED) is 0.702. The molecular formula is C15H22O. The molecule has 0 radical (unpaired) electrons. The van der Waals surface area contributed by atoms with Crippen LogP contribution in [0, 0.1) is 11.8 Å². The molecule has 3 atom stereocenters. The van der Waals surface area contributed by atoms with Crippen LogP contribution in [0.5, 0.6) is 0 Å². The van der Waals surface area contributed by atoms with Gasteiger partial charge in [-0.2, -0.15) is 0 Å².